The largest absolute Gasteiger partial charge is 0.497 e. The second-order valence-corrected chi connectivity index (χ2v) is 9.82. The van der Waals surface area contributed by atoms with E-state index in [1.54, 1.807) is 32.2 Å². The van der Waals surface area contributed by atoms with E-state index in [-0.39, 0.29) is 18.8 Å². The van der Waals surface area contributed by atoms with Gasteiger partial charge < -0.3 is 30.6 Å². The van der Waals surface area contributed by atoms with Crippen LogP contribution in [-0.4, -0.2) is 47.2 Å². The fraction of sp³-hybridized carbons (Fsp3) is 0.250. The second kappa shape index (κ2) is 9.14. The number of rotatable bonds is 7. The van der Waals surface area contributed by atoms with Gasteiger partial charge in [-0.15, -0.1) is 0 Å². The molecule has 0 saturated heterocycles. The molecule has 4 aromatic rings. The van der Waals surface area contributed by atoms with E-state index in [9.17, 15) is 19.1 Å². The first-order chi connectivity index (χ1) is 18.0. The Balaban J connectivity index is 1.47. The summed E-state index contributed by atoms with van der Waals surface area (Å²) in [4.78, 5) is 33.0. The maximum Gasteiger partial charge on any atom is 0.267 e. The highest BCUT2D eigenvalue weighted by Gasteiger charge is 2.45. The fourth-order valence-corrected chi connectivity index (χ4v) is 4.46. The molecule has 0 saturated carbocycles. The number of benzene rings is 2. The maximum atomic E-state index is 13.6. The third-order valence-electron chi connectivity index (χ3n) is 6.95. The van der Waals surface area contributed by atoms with Crippen molar-refractivity contribution in [3.05, 3.63) is 77.4 Å². The van der Waals surface area contributed by atoms with Crippen molar-refractivity contribution >= 4 is 22.7 Å². The third kappa shape index (κ3) is 4.32. The van der Waals surface area contributed by atoms with Gasteiger partial charge in [0.05, 0.1) is 19.3 Å². The summed E-state index contributed by atoms with van der Waals surface area (Å²) in [6, 6.07) is 14.3. The number of primary amides is 1. The van der Waals surface area contributed by atoms with E-state index in [1.165, 1.54) is 31.2 Å². The number of nitrogens with one attached hydrogen (secondary N) is 2. The summed E-state index contributed by atoms with van der Waals surface area (Å²) in [5.74, 6) is -0.435. The smallest absolute Gasteiger partial charge is 0.267 e. The summed E-state index contributed by atoms with van der Waals surface area (Å²) in [7, 11) is 1.57. The van der Waals surface area contributed by atoms with Gasteiger partial charge in [0, 0.05) is 22.0 Å². The molecular weight excluding hydrogens is 491 g/mol. The lowest BCUT2D eigenvalue weighted by molar-refractivity contribution is -0.123. The normalized spacial score (nSPS) is 17.9. The summed E-state index contributed by atoms with van der Waals surface area (Å²) in [5.41, 5.74) is 5.50. The van der Waals surface area contributed by atoms with E-state index in [1.807, 2.05) is 12.1 Å². The first kappa shape index (κ1) is 25.2. The van der Waals surface area contributed by atoms with E-state index in [2.05, 4.69) is 15.3 Å². The molecule has 2 aromatic heterocycles. The number of halogens is 1. The monoisotopic (exact) mass is 518 g/mol. The summed E-state index contributed by atoms with van der Waals surface area (Å²) in [6.07, 6.45) is 0. The SMILES string of the molecule is COc1ccc2[nH]c(C(=O)NC[C@](C)(O)c3cc4c(c(-c5ccc(F)cc5)n3)OC[C@]4(C)C(N)=O)cc2c1. The molecule has 1 aliphatic heterocycles. The molecule has 5 rings (SSSR count). The molecule has 0 radical (unpaired) electrons. The predicted molar refractivity (Wildman–Crippen MR) is 138 cm³/mol. The molecule has 2 aromatic carbocycles. The number of carbonyl (C=O) groups excluding carboxylic acids is 2. The zero-order valence-electron chi connectivity index (χ0n) is 21.1. The highest BCUT2D eigenvalue weighted by Crippen LogP contribution is 2.45. The molecule has 2 atom stereocenters. The zero-order chi connectivity index (χ0) is 27.2. The van der Waals surface area contributed by atoms with Gasteiger partial charge in [-0.2, -0.15) is 0 Å². The van der Waals surface area contributed by atoms with Gasteiger partial charge >= 0.3 is 0 Å². The number of hydrogen-bond donors (Lipinski definition) is 4. The van der Waals surface area contributed by atoms with Crippen molar-refractivity contribution in [2.24, 2.45) is 5.73 Å². The molecule has 0 unspecified atom stereocenters. The number of methoxy groups -OCH3 is 1. The van der Waals surface area contributed by atoms with Crippen molar-refractivity contribution in [1.82, 2.24) is 15.3 Å². The van der Waals surface area contributed by atoms with Crippen LogP contribution >= 0.6 is 0 Å². The number of carbonyl (C=O) groups is 2. The zero-order valence-corrected chi connectivity index (χ0v) is 21.1. The van der Waals surface area contributed by atoms with Crippen LogP contribution < -0.4 is 20.5 Å². The molecule has 38 heavy (non-hydrogen) atoms. The van der Waals surface area contributed by atoms with Crippen LogP contribution in [-0.2, 0) is 15.8 Å². The van der Waals surface area contributed by atoms with Gasteiger partial charge in [-0.1, -0.05) is 0 Å². The third-order valence-corrected chi connectivity index (χ3v) is 6.95. The van der Waals surface area contributed by atoms with Crippen LogP contribution in [0, 0.1) is 5.82 Å². The van der Waals surface area contributed by atoms with E-state index >= 15 is 0 Å². The number of hydrogen-bond acceptors (Lipinski definition) is 6. The summed E-state index contributed by atoms with van der Waals surface area (Å²) in [5, 5.41) is 15.0. The molecule has 0 aliphatic carbocycles. The predicted octanol–water partition coefficient (Wildman–Crippen LogP) is 3.15. The molecule has 0 spiro atoms. The van der Waals surface area contributed by atoms with Gasteiger partial charge in [0.1, 0.15) is 46.3 Å². The van der Waals surface area contributed by atoms with Crippen molar-refractivity contribution in [2.45, 2.75) is 24.9 Å². The molecule has 10 heteroatoms. The molecular formula is C28H27FN4O5. The Labute approximate surface area is 217 Å². The average molecular weight is 519 g/mol. The van der Waals surface area contributed by atoms with E-state index < -0.39 is 28.6 Å². The number of fused-ring (bicyclic) bond motifs is 2. The lowest BCUT2D eigenvalue weighted by Gasteiger charge is -2.26. The first-order valence-electron chi connectivity index (χ1n) is 11.9. The van der Waals surface area contributed by atoms with Gasteiger partial charge in [-0.3, -0.25) is 9.59 Å². The van der Waals surface area contributed by atoms with E-state index in [0.29, 0.717) is 34.0 Å². The van der Waals surface area contributed by atoms with Crippen molar-refractivity contribution in [1.29, 1.82) is 0 Å². The van der Waals surface area contributed by atoms with Crippen molar-refractivity contribution in [2.75, 3.05) is 20.3 Å². The van der Waals surface area contributed by atoms with Crippen LogP contribution in [0.2, 0.25) is 0 Å². The van der Waals surface area contributed by atoms with Crippen LogP contribution in [0.3, 0.4) is 0 Å². The Kier molecular flexibility index (Phi) is 6.07. The molecule has 0 bridgehead atoms. The number of nitrogens with two attached hydrogens (primary N) is 1. The topological polar surface area (TPSA) is 140 Å². The van der Waals surface area contributed by atoms with E-state index in [0.717, 1.165) is 10.9 Å². The number of aromatic nitrogens is 2. The summed E-state index contributed by atoms with van der Waals surface area (Å²) < 4.78 is 24.7. The van der Waals surface area contributed by atoms with Gasteiger partial charge in [0.25, 0.3) is 5.91 Å². The minimum Gasteiger partial charge on any atom is -0.497 e. The first-order valence-corrected chi connectivity index (χ1v) is 11.9. The van der Waals surface area contributed by atoms with Crippen LogP contribution in [0.25, 0.3) is 22.2 Å². The maximum absolute atomic E-state index is 13.6. The number of aromatic amines is 1. The molecule has 2 amide bonds. The minimum atomic E-state index is -1.64. The van der Waals surface area contributed by atoms with Crippen molar-refractivity contribution < 1.29 is 28.6 Å². The Hall–Kier alpha value is -4.44. The highest BCUT2D eigenvalue weighted by molar-refractivity contribution is 5.98. The summed E-state index contributed by atoms with van der Waals surface area (Å²) >= 11 is 0. The molecule has 0 fully saturated rings. The van der Waals surface area contributed by atoms with Gasteiger partial charge in [0.15, 0.2) is 0 Å². The molecule has 5 N–H and O–H groups in total. The van der Waals surface area contributed by atoms with Crippen LogP contribution in [0.4, 0.5) is 4.39 Å². The lowest BCUT2D eigenvalue weighted by Crippen LogP contribution is -2.41. The van der Waals surface area contributed by atoms with Crippen LogP contribution in [0.5, 0.6) is 11.5 Å². The van der Waals surface area contributed by atoms with Crippen molar-refractivity contribution in [3.63, 3.8) is 0 Å². The Morgan fingerprint density at radius 1 is 1.24 bits per heavy atom. The minimum absolute atomic E-state index is 0.00103. The summed E-state index contributed by atoms with van der Waals surface area (Å²) in [6.45, 7) is 2.97. The molecule has 9 nitrogen and oxygen atoms in total. The Morgan fingerprint density at radius 2 is 1.97 bits per heavy atom. The molecule has 196 valence electrons. The number of pyridine rings is 1. The standard InChI is InChI=1S/C28H27FN4O5/c1-27(26(30)35)14-38-24-19(27)12-22(33-23(24)15-4-6-17(29)7-5-15)28(2,36)13-31-25(34)21-11-16-10-18(37-3)8-9-20(16)32-21/h4-12,32,36H,13-14H2,1-3H3,(H2,30,35)(H,31,34)/t27-,28-/m0/s1. The average Bonchev–Trinajstić information content (AvgIpc) is 3.49. The fourth-order valence-electron chi connectivity index (χ4n) is 4.46. The van der Waals surface area contributed by atoms with Crippen LogP contribution in [0.1, 0.15) is 35.6 Å². The number of ether oxygens (including phenoxy) is 2. The Morgan fingerprint density at radius 3 is 2.66 bits per heavy atom. The van der Waals surface area contributed by atoms with E-state index in [4.69, 9.17) is 15.2 Å². The molecule has 1 aliphatic rings. The quantitative estimate of drug-likeness (QED) is 0.296. The van der Waals surface area contributed by atoms with Gasteiger partial charge in [0.2, 0.25) is 5.91 Å². The Bertz CT molecular complexity index is 1560. The van der Waals surface area contributed by atoms with Gasteiger partial charge in [-0.25, -0.2) is 9.37 Å². The number of nitrogens with zero attached hydrogens (tertiary/aromatic N) is 1. The van der Waals surface area contributed by atoms with Crippen molar-refractivity contribution in [3.8, 4) is 22.8 Å². The lowest BCUT2D eigenvalue weighted by atomic mass is 9.82. The number of H-pyrrole nitrogens is 1. The number of amides is 2. The molecule has 3 heterocycles. The van der Waals surface area contributed by atoms with Gasteiger partial charge in [-0.05, 0) is 68.4 Å². The van der Waals surface area contributed by atoms with Crippen LogP contribution in [0.15, 0.2) is 54.6 Å². The highest BCUT2D eigenvalue weighted by atomic mass is 19.1. The second-order valence-electron chi connectivity index (χ2n) is 9.82. The number of aliphatic hydroxyl groups is 1.